The van der Waals surface area contributed by atoms with Crippen LogP contribution in [0.15, 0.2) is 0 Å². The molecule has 0 heterocycles. The Morgan fingerprint density at radius 3 is 2.13 bits per heavy atom. The van der Waals surface area contributed by atoms with Gasteiger partial charge in [0.1, 0.15) is 0 Å². The Balaban J connectivity index is 3.97. The Kier molecular flexibility index (Phi) is 8.93. The van der Waals surface area contributed by atoms with Crippen molar-refractivity contribution in [2.75, 3.05) is 19.6 Å². The highest BCUT2D eigenvalue weighted by Crippen LogP contribution is 2.15. The highest BCUT2D eigenvalue weighted by molar-refractivity contribution is 6.63. The first-order valence-corrected chi connectivity index (χ1v) is 9.66. The maximum atomic E-state index is 11.5. The lowest BCUT2D eigenvalue weighted by atomic mass is 9.95. The van der Waals surface area contributed by atoms with E-state index in [9.17, 15) is 29.1 Å². The Hall–Kier alpha value is -1.53. The smallest absolute Gasteiger partial charge is 0.336 e. The maximum absolute atomic E-state index is 11.5. The molecular formula is C12H24N2O8Si. The second-order valence-corrected chi connectivity index (χ2v) is 8.44. The number of rotatable bonds is 12. The van der Waals surface area contributed by atoms with Gasteiger partial charge < -0.3 is 35.5 Å². The second-order valence-electron chi connectivity index (χ2n) is 5.50. The molecule has 0 fully saturated rings. The van der Waals surface area contributed by atoms with E-state index in [0.29, 0.717) is 25.6 Å². The molecule has 0 saturated carbocycles. The summed E-state index contributed by atoms with van der Waals surface area (Å²) in [5.74, 6) is -4.07. The molecule has 0 aliphatic carbocycles. The lowest BCUT2D eigenvalue weighted by Crippen LogP contribution is -2.46. The standard InChI is InChI=1S/C12H24N2O8Si/c1-23(21,22)6-2-3-13-4-5-14-9(15)7-12(20,11(18)19)8-10(16)17/h13,20-22H,2-8H2,1H3,(H,14,15)(H,16,17)(H,18,19). The average Bonchev–Trinajstić information content (AvgIpc) is 2.34. The number of aliphatic carboxylic acids is 2. The molecule has 0 saturated heterocycles. The van der Waals surface area contributed by atoms with Crippen molar-refractivity contribution >= 4 is 26.4 Å². The molecule has 0 aliphatic heterocycles. The largest absolute Gasteiger partial charge is 0.481 e. The predicted octanol–water partition coefficient (Wildman–Crippen LogP) is -2.18. The van der Waals surface area contributed by atoms with Gasteiger partial charge in [0.25, 0.3) is 0 Å². The summed E-state index contributed by atoms with van der Waals surface area (Å²) in [5.41, 5.74) is -2.64. The van der Waals surface area contributed by atoms with Crippen LogP contribution in [0.2, 0.25) is 12.6 Å². The molecule has 11 heteroatoms. The Morgan fingerprint density at radius 2 is 1.65 bits per heavy atom. The van der Waals surface area contributed by atoms with Crippen molar-refractivity contribution in [3.63, 3.8) is 0 Å². The molecule has 10 nitrogen and oxygen atoms in total. The third kappa shape index (κ3) is 10.8. The van der Waals surface area contributed by atoms with Crippen molar-refractivity contribution < 1.29 is 39.3 Å². The molecule has 0 bridgehead atoms. The highest BCUT2D eigenvalue weighted by Gasteiger charge is 2.40. The predicted molar refractivity (Wildman–Crippen MR) is 80.8 cm³/mol. The van der Waals surface area contributed by atoms with E-state index in [1.54, 1.807) is 0 Å². The molecule has 1 amide bonds. The van der Waals surface area contributed by atoms with Crippen LogP contribution in [0.1, 0.15) is 19.3 Å². The van der Waals surface area contributed by atoms with Crippen molar-refractivity contribution in [2.24, 2.45) is 0 Å². The van der Waals surface area contributed by atoms with Crippen LogP contribution in [0.5, 0.6) is 0 Å². The first-order valence-electron chi connectivity index (χ1n) is 7.06. The van der Waals surface area contributed by atoms with Crippen molar-refractivity contribution in [1.82, 2.24) is 10.6 Å². The fourth-order valence-electron chi connectivity index (χ4n) is 1.76. The van der Waals surface area contributed by atoms with E-state index in [0.717, 1.165) is 0 Å². The van der Waals surface area contributed by atoms with Gasteiger partial charge in [-0.05, 0) is 25.6 Å². The summed E-state index contributed by atoms with van der Waals surface area (Å²) in [7, 11) is -3.04. The van der Waals surface area contributed by atoms with Crippen molar-refractivity contribution in [3.8, 4) is 0 Å². The highest BCUT2D eigenvalue weighted by atomic mass is 28.4. The first kappa shape index (κ1) is 21.5. The normalized spacial score (nSPS) is 14.1. The zero-order chi connectivity index (χ0) is 18.1. The van der Waals surface area contributed by atoms with E-state index in [1.807, 2.05) is 0 Å². The Labute approximate surface area is 134 Å². The number of carboxylic acid groups (broad SMARTS) is 2. The number of hydrogen-bond donors (Lipinski definition) is 7. The Morgan fingerprint density at radius 1 is 1.04 bits per heavy atom. The molecular weight excluding hydrogens is 328 g/mol. The molecule has 134 valence electrons. The minimum Gasteiger partial charge on any atom is -0.481 e. The van der Waals surface area contributed by atoms with Gasteiger partial charge in [0.2, 0.25) is 5.91 Å². The summed E-state index contributed by atoms with van der Waals surface area (Å²) in [6.07, 6.45) is -1.35. The molecule has 0 aromatic carbocycles. The van der Waals surface area contributed by atoms with Gasteiger partial charge in [-0.25, -0.2) is 4.79 Å². The average molecular weight is 352 g/mol. The van der Waals surface area contributed by atoms with Crippen LogP contribution in [0.25, 0.3) is 0 Å². The molecule has 0 radical (unpaired) electrons. The van der Waals surface area contributed by atoms with Gasteiger partial charge in [0, 0.05) is 13.1 Å². The van der Waals surface area contributed by atoms with Crippen molar-refractivity contribution in [1.29, 1.82) is 0 Å². The molecule has 0 rings (SSSR count). The number of carboxylic acids is 2. The third-order valence-electron chi connectivity index (χ3n) is 2.92. The van der Waals surface area contributed by atoms with E-state index in [-0.39, 0.29) is 6.54 Å². The summed E-state index contributed by atoms with van der Waals surface area (Å²) in [5, 5.41) is 32.4. The quantitative estimate of drug-likeness (QED) is 0.152. The molecule has 0 aromatic rings. The van der Waals surface area contributed by atoms with Crippen LogP contribution < -0.4 is 10.6 Å². The monoisotopic (exact) mass is 352 g/mol. The summed E-state index contributed by atoms with van der Waals surface area (Å²) in [6.45, 7) is 2.46. The summed E-state index contributed by atoms with van der Waals surface area (Å²) in [4.78, 5) is 51.4. The van der Waals surface area contributed by atoms with Gasteiger partial charge in [-0.3, -0.25) is 9.59 Å². The number of amides is 1. The third-order valence-corrected chi connectivity index (χ3v) is 4.22. The van der Waals surface area contributed by atoms with Gasteiger partial charge in [-0.2, -0.15) is 0 Å². The molecule has 1 atom stereocenters. The van der Waals surface area contributed by atoms with Crippen LogP contribution in [0.4, 0.5) is 0 Å². The van der Waals surface area contributed by atoms with E-state index < -0.39 is 44.8 Å². The molecule has 0 spiro atoms. The molecule has 23 heavy (non-hydrogen) atoms. The molecule has 0 aliphatic rings. The van der Waals surface area contributed by atoms with Crippen LogP contribution in [0.3, 0.4) is 0 Å². The maximum Gasteiger partial charge on any atom is 0.336 e. The minimum atomic E-state index is -3.04. The van der Waals surface area contributed by atoms with Crippen molar-refractivity contribution in [2.45, 2.75) is 37.5 Å². The van der Waals surface area contributed by atoms with Crippen LogP contribution in [-0.2, 0) is 14.4 Å². The van der Waals surface area contributed by atoms with Crippen LogP contribution >= 0.6 is 0 Å². The molecule has 0 aromatic heterocycles. The van der Waals surface area contributed by atoms with Gasteiger partial charge in [-0.15, -0.1) is 0 Å². The van der Waals surface area contributed by atoms with Gasteiger partial charge >= 0.3 is 20.5 Å². The number of aliphatic hydroxyl groups is 1. The molecule has 7 N–H and O–H groups in total. The summed E-state index contributed by atoms with van der Waals surface area (Å²) < 4.78 is 0. The van der Waals surface area contributed by atoms with E-state index >= 15 is 0 Å². The molecule has 1 unspecified atom stereocenters. The minimum absolute atomic E-state index is 0.161. The number of carbonyl (C=O) groups excluding carboxylic acids is 1. The summed E-state index contributed by atoms with van der Waals surface area (Å²) in [6, 6.07) is 0.327. The van der Waals surface area contributed by atoms with E-state index in [1.165, 1.54) is 6.55 Å². The van der Waals surface area contributed by atoms with E-state index in [2.05, 4.69) is 10.6 Å². The number of hydrogen-bond acceptors (Lipinski definition) is 7. The topological polar surface area (TPSA) is 176 Å². The fraction of sp³-hybridized carbons (Fsp3) is 0.750. The van der Waals surface area contributed by atoms with Gasteiger partial charge in [-0.1, -0.05) is 0 Å². The van der Waals surface area contributed by atoms with Crippen molar-refractivity contribution in [3.05, 3.63) is 0 Å². The SMILES string of the molecule is C[Si](O)(O)CCCNCCNC(=O)CC(O)(CC(=O)O)C(=O)O. The number of carbonyl (C=O) groups is 3. The lowest BCUT2D eigenvalue weighted by Gasteiger charge is -2.20. The van der Waals surface area contributed by atoms with Gasteiger partial charge in [0.05, 0.1) is 12.8 Å². The fourth-order valence-corrected chi connectivity index (χ4v) is 2.60. The van der Waals surface area contributed by atoms with Crippen LogP contribution in [-0.4, -0.2) is 76.6 Å². The zero-order valence-electron chi connectivity index (χ0n) is 12.9. The van der Waals surface area contributed by atoms with E-state index in [4.69, 9.17) is 10.2 Å². The second kappa shape index (κ2) is 9.57. The zero-order valence-corrected chi connectivity index (χ0v) is 13.9. The summed E-state index contributed by atoms with van der Waals surface area (Å²) >= 11 is 0. The number of nitrogens with one attached hydrogen (secondary N) is 2. The van der Waals surface area contributed by atoms with Crippen LogP contribution in [0, 0.1) is 0 Å². The lowest BCUT2D eigenvalue weighted by molar-refractivity contribution is -0.167. The first-order chi connectivity index (χ1) is 10.5. The Bertz CT molecular complexity index is 426. The van der Waals surface area contributed by atoms with Gasteiger partial charge in [0.15, 0.2) is 5.60 Å².